The molecule has 9 heteroatoms. The van der Waals surface area contributed by atoms with Gasteiger partial charge in [-0.2, -0.15) is 4.68 Å². The number of quaternary nitrogens is 2. The first-order valence-corrected chi connectivity index (χ1v) is 9.72. The summed E-state index contributed by atoms with van der Waals surface area (Å²) in [5.74, 6) is 0.380. The number of amides is 1. The minimum absolute atomic E-state index is 0.0953. The van der Waals surface area contributed by atoms with Gasteiger partial charge in [0.05, 0.1) is 5.69 Å². The normalized spacial score (nSPS) is 19.1. The highest BCUT2D eigenvalue weighted by Gasteiger charge is 2.26. The number of piperazine rings is 1. The lowest BCUT2D eigenvalue weighted by atomic mass is 10.3. The molecule has 0 atom stereocenters. The summed E-state index contributed by atoms with van der Waals surface area (Å²) in [5.41, 5.74) is 1.44. The number of nitrogens with one attached hydrogen (secondary N) is 3. The number of hydrogen-bond donors (Lipinski definition) is 3. The molecule has 1 amide bonds. The molecular weight excluding hydrogens is 373 g/mol. The van der Waals surface area contributed by atoms with Crippen molar-refractivity contribution < 1.29 is 19.0 Å². The van der Waals surface area contributed by atoms with Gasteiger partial charge >= 0.3 is 0 Å². The SMILES string of the molecule is O=C(C[NH+]1CC[NH+](Cc2nnnn2-c2ccccc2)CC1)Nc1cccc(F)c1. The van der Waals surface area contributed by atoms with Crippen molar-refractivity contribution in [2.75, 3.05) is 38.0 Å². The lowest BCUT2D eigenvalue weighted by Gasteiger charge is -2.29. The molecule has 150 valence electrons. The zero-order valence-electron chi connectivity index (χ0n) is 16.0. The fraction of sp³-hybridized carbons (Fsp3) is 0.300. The summed E-state index contributed by atoms with van der Waals surface area (Å²) in [6.07, 6.45) is 0. The quantitative estimate of drug-likeness (QED) is 0.484. The zero-order valence-corrected chi connectivity index (χ0v) is 16.0. The van der Waals surface area contributed by atoms with Crippen molar-refractivity contribution in [3.63, 3.8) is 0 Å². The van der Waals surface area contributed by atoms with Crippen molar-refractivity contribution in [2.45, 2.75) is 6.54 Å². The first kappa shape index (κ1) is 19.2. The van der Waals surface area contributed by atoms with E-state index in [0.717, 1.165) is 44.2 Å². The average molecular weight is 397 g/mol. The van der Waals surface area contributed by atoms with Crippen LogP contribution in [-0.2, 0) is 11.3 Å². The fourth-order valence-corrected chi connectivity index (χ4v) is 3.62. The summed E-state index contributed by atoms with van der Waals surface area (Å²) < 4.78 is 15.0. The molecule has 4 rings (SSSR count). The maximum Gasteiger partial charge on any atom is 0.279 e. The van der Waals surface area contributed by atoms with Gasteiger partial charge in [-0.3, -0.25) is 4.79 Å². The number of aromatic nitrogens is 4. The van der Waals surface area contributed by atoms with E-state index in [1.807, 2.05) is 30.3 Å². The van der Waals surface area contributed by atoms with E-state index in [4.69, 9.17) is 0 Å². The molecule has 0 spiro atoms. The number of carbonyl (C=O) groups is 1. The molecule has 0 unspecified atom stereocenters. The first-order chi connectivity index (χ1) is 14.2. The van der Waals surface area contributed by atoms with Crippen LogP contribution in [0.5, 0.6) is 0 Å². The van der Waals surface area contributed by atoms with Gasteiger partial charge in [0.2, 0.25) is 5.82 Å². The van der Waals surface area contributed by atoms with Gasteiger partial charge in [0.25, 0.3) is 5.91 Å². The van der Waals surface area contributed by atoms with E-state index >= 15 is 0 Å². The topological polar surface area (TPSA) is 81.6 Å². The van der Waals surface area contributed by atoms with Crippen molar-refractivity contribution in [1.82, 2.24) is 20.2 Å². The van der Waals surface area contributed by atoms with Gasteiger partial charge in [-0.1, -0.05) is 24.3 Å². The Morgan fingerprint density at radius 3 is 2.55 bits per heavy atom. The fourth-order valence-electron chi connectivity index (χ4n) is 3.62. The molecule has 2 heterocycles. The highest BCUT2D eigenvalue weighted by Crippen LogP contribution is 2.08. The van der Waals surface area contributed by atoms with Crippen LogP contribution in [0.2, 0.25) is 0 Å². The monoisotopic (exact) mass is 397 g/mol. The third kappa shape index (κ3) is 5.01. The molecule has 3 N–H and O–H groups in total. The number of rotatable bonds is 6. The molecule has 2 aromatic carbocycles. The van der Waals surface area contributed by atoms with Gasteiger partial charge in [-0.15, -0.1) is 5.10 Å². The summed E-state index contributed by atoms with van der Waals surface area (Å²) in [6, 6.07) is 15.8. The average Bonchev–Trinajstić information content (AvgIpc) is 3.18. The van der Waals surface area contributed by atoms with Crippen molar-refractivity contribution in [1.29, 1.82) is 0 Å². The Hall–Kier alpha value is -3.17. The molecule has 0 radical (unpaired) electrons. The number of carbonyl (C=O) groups excluding carboxylic acids is 1. The largest absolute Gasteiger partial charge is 0.321 e. The lowest BCUT2D eigenvalue weighted by molar-refractivity contribution is -1.02. The van der Waals surface area contributed by atoms with Crippen molar-refractivity contribution >= 4 is 11.6 Å². The van der Waals surface area contributed by atoms with Gasteiger partial charge in [0, 0.05) is 5.69 Å². The molecule has 0 aliphatic carbocycles. The van der Waals surface area contributed by atoms with Crippen LogP contribution in [0.4, 0.5) is 10.1 Å². The molecule has 1 aliphatic rings. The number of anilines is 1. The maximum atomic E-state index is 13.2. The lowest BCUT2D eigenvalue weighted by Crippen LogP contribution is -3.28. The van der Waals surface area contributed by atoms with E-state index in [0.29, 0.717) is 12.2 Å². The van der Waals surface area contributed by atoms with Crippen LogP contribution in [0.1, 0.15) is 5.82 Å². The summed E-state index contributed by atoms with van der Waals surface area (Å²) in [6.45, 7) is 4.77. The first-order valence-electron chi connectivity index (χ1n) is 9.72. The molecule has 1 saturated heterocycles. The van der Waals surface area contributed by atoms with Gasteiger partial charge in [-0.25, -0.2) is 4.39 Å². The van der Waals surface area contributed by atoms with Gasteiger partial charge in [0.15, 0.2) is 6.54 Å². The van der Waals surface area contributed by atoms with Crippen LogP contribution >= 0.6 is 0 Å². The summed E-state index contributed by atoms with van der Waals surface area (Å²) in [7, 11) is 0. The third-order valence-corrected chi connectivity index (χ3v) is 5.13. The molecule has 1 fully saturated rings. The Morgan fingerprint density at radius 1 is 1.03 bits per heavy atom. The molecule has 1 aromatic heterocycles. The number of hydrogen-bond acceptors (Lipinski definition) is 4. The Bertz CT molecular complexity index is 954. The summed E-state index contributed by atoms with van der Waals surface area (Å²) in [5, 5.41) is 14.9. The van der Waals surface area contributed by atoms with Crippen molar-refractivity contribution in [3.8, 4) is 5.69 Å². The number of benzene rings is 2. The Balaban J connectivity index is 1.27. The predicted octanol–water partition coefficient (Wildman–Crippen LogP) is -1.28. The zero-order chi connectivity index (χ0) is 20.1. The molecule has 3 aromatic rings. The number of para-hydroxylation sites is 1. The van der Waals surface area contributed by atoms with E-state index < -0.39 is 0 Å². The molecular formula is C20H24FN7O+2. The molecule has 8 nitrogen and oxygen atoms in total. The Kier molecular flexibility index (Phi) is 5.87. The molecule has 0 bridgehead atoms. The second kappa shape index (κ2) is 8.89. The standard InChI is InChI=1S/C20H22FN7O/c21-16-5-4-6-17(13-16)22-20(29)15-27-11-9-26(10-12-27)14-19-23-24-25-28(19)18-7-2-1-3-8-18/h1-8,13H,9-12,14-15H2,(H,22,29)/p+2. The van der Waals surface area contributed by atoms with Gasteiger partial charge < -0.3 is 15.1 Å². The molecule has 29 heavy (non-hydrogen) atoms. The van der Waals surface area contributed by atoms with Gasteiger partial charge in [0.1, 0.15) is 38.5 Å². The smallest absolute Gasteiger partial charge is 0.279 e. The highest BCUT2D eigenvalue weighted by atomic mass is 19.1. The number of halogens is 1. The van der Waals surface area contributed by atoms with Crippen LogP contribution < -0.4 is 15.1 Å². The summed E-state index contributed by atoms with van der Waals surface area (Å²) >= 11 is 0. The Labute approximate surface area is 167 Å². The van der Waals surface area contributed by atoms with Gasteiger partial charge in [-0.05, 0) is 40.8 Å². The minimum atomic E-state index is -0.356. The van der Waals surface area contributed by atoms with Crippen LogP contribution in [0, 0.1) is 5.82 Å². The van der Waals surface area contributed by atoms with E-state index in [9.17, 15) is 9.18 Å². The third-order valence-electron chi connectivity index (χ3n) is 5.13. The predicted molar refractivity (Wildman–Crippen MR) is 104 cm³/mol. The Morgan fingerprint density at radius 2 is 1.79 bits per heavy atom. The number of tetrazole rings is 1. The second-order valence-electron chi connectivity index (χ2n) is 7.25. The van der Waals surface area contributed by atoms with Crippen LogP contribution in [0.25, 0.3) is 5.69 Å². The summed E-state index contributed by atoms with van der Waals surface area (Å²) in [4.78, 5) is 14.9. The van der Waals surface area contributed by atoms with Crippen LogP contribution in [0.3, 0.4) is 0 Å². The maximum absolute atomic E-state index is 13.2. The van der Waals surface area contributed by atoms with Crippen molar-refractivity contribution in [3.05, 3.63) is 66.2 Å². The van der Waals surface area contributed by atoms with E-state index in [2.05, 4.69) is 20.8 Å². The molecule has 0 saturated carbocycles. The van der Waals surface area contributed by atoms with Crippen LogP contribution in [-0.4, -0.2) is 58.8 Å². The van der Waals surface area contributed by atoms with E-state index in [1.54, 1.807) is 16.8 Å². The minimum Gasteiger partial charge on any atom is -0.321 e. The number of nitrogens with zero attached hydrogens (tertiary/aromatic N) is 4. The van der Waals surface area contributed by atoms with E-state index in [-0.39, 0.29) is 11.7 Å². The highest BCUT2D eigenvalue weighted by molar-refractivity contribution is 5.91. The van der Waals surface area contributed by atoms with Crippen molar-refractivity contribution in [2.24, 2.45) is 0 Å². The van der Waals surface area contributed by atoms with E-state index in [1.165, 1.54) is 21.9 Å². The van der Waals surface area contributed by atoms with Crippen LogP contribution in [0.15, 0.2) is 54.6 Å². The second-order valence-corrected chi connectivity index (χ2v) is 7.25. The molecule has 1 aliphatic heterocycles.